The summed E-state index contributed by atoms with van der Waals surface area (Å²) in [5, 5.41) is 11.6. The zero-order valence-electron chi connectivity index (χ0n) is 8.52. The van der Waals surface area contributed by atoms with Crippen molar-refractivity contribution < 1.29 is 9.53 Å². The Bertz CT molecular complexity index is 398. The predicted octanol–water partition coefficient (Wildman–Crippen LogP) is 0.927. The van der Waals surface area contributed by atoms with Gasteiger partial charge in [-0.3, -0.25) is 0 Å². The van der Waals surface area contributed by atoms with Crippen LogP contribution in [-0.4, -0.2) is 24.1 Å². The Morgan fingerprint density at radius 1 is 1.73 bits per heavy atom. The summed E-state index contributed by atoms with van der Waals surface area (Å²) in [7, 11) is 1.31. The number of nitrogens with one attached hydrogen (secondary N) is 1. The Hall–Kier alpha value is -2.09. The number of carbonyl (C=O) groups excluding carboxylic acids is 1. The van der Waals surface area contributed by atoms with Crippen LogP contribution in [-0.2, 0) is 9.53 Å². The van der Waals surface area contributed by atoms with Gasteiger partial charge in [0.15, 0.2) is 0 Å². The van der Waals surface area contributed by atoms with Crippen LogP contribution in [0.15, 0.2) is 18.3 Å². The molecule has 5 nitrogen and oxygen atoms in total. The third-order valence-corrected chi connectivity index (χ3v) is 1.84. The highest BCUT2D eigenvalue weighted by molar-refractivity contribution is 5.78. The molecular weight excluding hydrogens is 194 g/mol. The summed E-state index contributed by atoms with van der Waals surface area (Å²) in [5.74, 6) is -0.0116. The molecule has 0 aromatic carbocycles. The fourth-order valence-corrected chi connectivity index (χ4v) is 1.05. The van der Waals surface area contributed by atoms with E-state index in [0.717, 1.165) is 0 Å². The van der Waals surface area contributed by atoms with Gasteiger partial charge in [-0.2, -0.15) is 5.26 Å². The summed E-state index contributed by atoms with van der Waals surface area (Å²) >= 11 is 0. The van der Waals surface area contributed by atoms with Gasteiger partial charge in [0.2, 0.25) is 0 Å². The van der Waals surface area contributed by atoms with E-state index < -0.39 is 12.0 Å². The van der Waals surface area contributed by atoms with E-state index in [-0.39, 0.29) is 0 Å². The summed E-state index contributed by atoms with van der Waals surface area (Å²) < 4.78 is 4.55. The number of esters is 1. The lowest BCUT2D eigenvalue weighted by molar-refractivity contribution is -0.141. The maximum absolute atomic E-state index is 11.1. The van der Waals surface area contributed by atoms with Gasteiger partial charge in [-0.25, -0.2) is 9.78 Å². The van der Waals surface area contributed by atoms with Gasteiger partial charge in [0, 0.05) is 6.20 Å². The highest BCUT2D eigenvalue weighted by Crippen LogP contribution is 2.11. The fraction of sp³-hybridized carbons (Fsp3) is 0.300. The van der Waals surface area contributed by atoms with Crippen molar-refractivity contribution >= 4 is 11.8 Å². The van der Waals surface area contributed by atoms with Crippen molar-refractivity contribution in [1.82, 2.24) is 4.98 Å². The molecule has 1 aromatic heterocycles. The van der Waals surface area contributed by atoms with Gasteiger partial charge >= 0.3 is 5.97 Å². The predicted molar refractivity (Wildman–Crippen MR) is 54.1 cm³/mol. The molecule has 0 aliphatic heterocycles. The van der Waals surface area contributed by atoms with E-state index in [9.17, 15) is 4.79 Å². The highest BCUT2D eigenvalue weighted by atomic mass is 16.5. The van der Waals surface area contributed by atoms with Crippen molar-refractivity contribution in [3.05, 3.63) is 23.9 Å². The van der Waals surface area contributed by atoms with Gasteiger partial charge < -0.3 is 10.1 Å². The number of pyridine rings is 1. The highest BCUT2D eigenvalue weighted by Gasteiger charge is 2.14. The molecule has 1 heterocycles. The summed E-state index contributed by atoms with van der Waals surface area (Å²) in [4.78, 5) is 15.1. The molecular formula is C10H11N3O2. The van der Waals surface area contributed by atoms with Crippen molar-refractivity contribution in [2.24, 2.45) is 0 Å². The van der Waals surface area contributed by atoms with Gasteiger partial charge in [-0.05, 0) is 19.1 Å². The molecule has 0 spiro atoms. The van der Waals surface area contributed by atoms with Gasteiger partial charge in [-0.15, -0.1) is 0 Å². The molecule has 0 fully saturated rings. The fourth-order valence-electron chi connectivity index (χ4n) is 1.05. The number of rotatable bonds is 3. The third-order valence-electron chi connectivity index (χ3n) is 1.84. The summed E-state index contributed by atoms with van der Waals surface area (Å²) in [6.07, 6.45) is 1.55. The number of carbonyl (C=O) groups is 1. The van der Waals surface area contributed by atoms with Crippen molar-refractivity contribution in [3.63, 3.8) is 0 Å². The summed E-state index contributed by atoms with van der Waals surface area (Å²) in [5.41, 5.74) is 0.397. The average molecular weight is 205 g/mol. The van der Waals surface area contributed by atoms with Gasteiger partial charge in [0.1, 0.15) is 17.9 Å². The quantitative estimate of drug-likeness (QED) is 0.743. The molecule has 0 aliphatic carbocycles. The second-order valence-corrected chi connectivity index (χ2v) is 2.90. The minimum absolute atomic E-state index is 0.387. The largest absolute Gasteiger partial charge is 0.467 e. The second kappa shape index (κ2) is 4.96. The van der Waals surface area contributed by atoms with Crippen LogP contribution in [0.1, 0.15) is 12.5 Å². The first-order valence-corrected chi connectivity index (χ1v) is 4.38. The van der Waals surface area contributed by atoms with E-state index in [1.807, 2.05) is 6.07 Å². The molecule has 0 bridgehead atoms. The Morgan fingerprint density at radius 3 is 3.07 bits per heavy atom. The molecule has 1 atom stereocenters. The number of nitriles is 1. The smallest absolute Gasteiger partial charge is 0.328 e. The van der Waals surface area contributed by atoms with E-state index in [2.05, 4.69) is 15.0 Å². The van der Waals surface area contributed by atoms with Crippen molar-refractivity contribution in [3.8, 4) is 6.07 Å². The number of methoxy groups -OCH3 is 1. The van der Waals surface area contributed by atoms with E-state index in [4.69, 9.17) is 5.26 Å². The van der Waals surface area contributed by atoms with Crippen molar-refractivity contribution in [1.29, 1.82) is 5.26 Å². The average Bonchev–Trinajstić information content (AvgIpc) is 2.28. The molecule has 0 amide bonds. The first-order chi connectivity index (χ1) is 7.19. The molecule has 1 N–H and O–H groups in total. The zero-order valence-corrected chi connectivity index (χ0v) is 8.52. The Balaban J connectivity index is 2.81. The summed E-state index contributed by atoms with van der Waals surface area (Å²) in [6.45, 7) is 1.64. The van der Waals surface area contributed by atoms with Crippen LogP contribution in [0.4, 0.5) is 5.82 Å². The van der Waals surface area contributed by atoms with Crippen molar-refractivity contribution in [2.45, 2.75) is 13.0 Å². The molecule has 0 saturated carbocycles. The van der Waals surface area contributed by atoms with E-state index in [1.165, 1.54) is 7.11 Å². The van der Waals surface area contributed by atoms with Gasteiger partial charge in [-0.1, -0.05) is 0 Å². The Kier molecular flexibility index (Phi) is 3.63. The molecule has 0 aliphatic rings. The number of hydrogen-bond donors (Lipinski definition) is 1. The second-order valence-electron chi connectivity index (χ2n) is 2.90. The lowest BCUT2D eigenvalue weighted by Crippen LogP contribution is -2.27. The number of aromatic nitrogens is 1. The lowest BCUT2D eigenvalue weighted by Gasteiger charge is -2.12. The first-order valence-electron chi connectivity index (χ1n) is 4.38. The van der Waals surface area contributed by atoms with Gasteiger partial charge in [0.25, 0.3) is 0 Å². The monoisotopic (exact) mass is 205 g/mol. The molecule has 0 radical (unpaired) electrons. The minimum atomic E-state index is -0.531. The number of nitrogens with zero attached hydrogens (tertiary/aromatic N) is 2. The zero-order chi connectivity index (χ0) is 11.3. The molecule has 78 valence electrons. The molecule has 1 unspecified atom stereocenters. The van der Waals surface area contributed by atoms with Crippen LogP contribution in [0.2, 0.25) is 0 Å². The van der Waals surface area contributed by atoms with Gasteiger partial charge in [0.05, 0.1) is 12.7 Å². The third kappa shape index (κ3) is 2.68. The number of hydrogen-bond acceptors (Lipinski definition) is 5. The SMILES string of the molecule is COC(=O)C(C)Nc1ncccc1C#N. The van der Waals surface area contributed by atoms with Crippen LogP contribution >= 0.6 is 0 Å². The Morgan fingerprint density at radius 2 is 2.47 bits per heavy atom. The first kappa shape index (κ1) is 11.0. The molecule has 0 saturated heterocycles. The van der Waals surface area contributed by atoms with E-state index >= 15 is 0 Å². The lowest BCUT2D eigenvalue weighted by atomic mass is 10.2. The Labute approximate surface area is 87.7 Å². The van der Waals surface area contributed by atoms with Crippen LogP contribution < -0.4 is 5.32 Å². The molecule has 5 heteroatoms. The maximum Gasteiger partial charge on any atom is 0.328 e. The molecule has 1 rings (SSSR count). The number of ether oxygens (including phenoxy) is 1. The van der Waals surface area contributed by atoms with Crippen LogP contribution in [0.25, 0.3) is 0 Å². The standard InChI is InChI=1S/C10H11N3O2/c1-7(10(14)15-2)13-9-8(6-11)4-3-5-12-9/h3-5,7H,1-2H3,(H,12,13). The van der Waals surface area contributed by atoms with E-state index in [0.29, 0.717) is 11.4 Å². The molecule has 1 aromatic rings. The maximum atomic E-state index is 11.1. The van der Waals surface area contributed by atoms with E-state index in [1.54, 1.807) is 25.3 Å². The van der Waals surface area contributed by atoms with Crippen molar-refractivity contribution in [2.75, 3.05) is 12.4 Å². The number of anilines is 1. The van der Waals surface area contributed by atoms with Crippen LogP contribution in [0.5, 0.6) is 0 Å². The minimum Gasteiger partial charge on any atom is -0.467 e. The molecule has 15 heavy (non-hydrogen) atoms. The van der Waals surface area contributed by atoms with Crippen LogP contribution in [0.3, 0.4) is 0 Å². The topological polar surface area (TPSA) is 75.0 Å². The normalized spacial score (nSPS) is 11.3. The van der Waals surface area contributed by atoms with Crippen LogP contribution in [0, 0.1) is 11.3 Å². The summed E-state index contributed by atoms with van der Waals surface area (Å²) in [6, 6.07) is 4.73.